The Morgan fingerprint density at radius 2 is 1.41 bits per heavy atom. The van der Waals surface area contributed by atoms with Crippen molar-refractivity contribution >= 4 is 5.97 Å². The third-order valence-electron chi connectivity index (χ3n) is 1.47. The van der Waals surface area contributed by atoms with Crippen LogP contribution in [0.3, 0.4) is 0 Å². The van der Waals surface area contributed by atoms with E-state index in [1.807, 2.05) is 30.3 Å². The molecule has 0 saturated heterocycles. The second-order valence-corrected chi connectivity index (χ2v) is 2.76. The molecule has 4 heteroatoms. The van der Waals surface area contributed by atoms with Gasteiger partial charge in [-0.3, -0.25) is 4.79 Å². The van der Waals surface area contributed by atoms with Crippen LogP contribution in [0.25, 0.3) is 0 Å². The van der Waals surface area contributed by atoms with Crippen LogP contribution in [0.2, 0.25) is 0 Å². The van der Waals surface area contributed by atoms with Gasteiger partial charge in [0.2, 0.25) is 0 Å². The first kappa shape index (κ1) is 18.0. The second-order valence-electron chi connectivity index (χ2n) is 2.76. The van der Waals surface area contributed by atoms with Crippen LogP contribution in [0.4, 0.5) is 0 Å². The number of carbonyl (C=O) groups is 1. The molecule has 0 aliphatic rings. The van der Waals surface area contributed by atoms with Gasteiger partial charge in [-0.1, -0.05) is 5.56 Å². The molecule has 2 rings (SSSR count). The number of aliphatic hydroxyl groups excluding tert-OH is 1. The average molecular weight is 276 g/mol. The summed E-state index contributed by atoms with van der Waals surface area (Å²) in [7, 11) is 0. The molecule has 2 aromatic rings. The van der Waals surface area contributed by atoms with E-state index in [0.717, 1.165) is 0 Å². The fraction of sp³-hybridized carbons (Fsp3) is 0.154. The Morgan fingerprint density at radius 3 is 1.59 bits per heavy atom. The number of carboxylic acid groups (broad SMARTS) is 1. The summed E-state index contributed by atoms with van der Waals surface area (Å²) in [6.07, 6.45) is 0. The van der Waals surface area contributed by atoms with E-state index < -0.39 is 5.97 Å². The summed E-state index contributed by atoms with van der Waals surface area (Å²) >= 11 is 0. The second kappa shape index (κ2) is 12.7. The van der Waals surface area contributed by atoms with E-state index in [4.69, 9.17) is 10.2 Å². The van der Waals surface area contributed by atoms with Gasteiger partial charge in [-0.2, -0.15) is 12.1 Å². The standard InChI is InChI=1S/C6H5O2.C5H5.C2H6O.Fe/c7-6(8)5-3-1-2-4-5;1-2-4-5-3-1;1-2-3;/h1-4H,(H,7,8);1-5H;3H,2H2,1H3;/q-1;-5;;. The summed E-state index contributed by atoms with van der Waals surface area (Å²) in [6, 6.07) is 16.5. The van der Waals surface area contributed by atoms with Gasteiger partial charge in [0.15, 0.2) is 0 Å². The molecule has 2 N–H and O–H groups in total. The van der Waals surface area contributed by atoms with Crippen molar-refractivity contribution in [3.63, 3.8) is 0 Å². The number of hydrogen-bond acceptors (Lipinski definition) is 2. The summed E-state index contributed by atoms with van der Waals surface area (Å²) in [4.78, 5) is 10.1. The van der Waals surface area contributed by atoms with Crippen molar-refractivity contribution < 1.29 is 32.1 Å². The zero-order valence-corrected chi connectivity index (χ0v) is 10.7. The van der Waals surface area contributed by atoms with Crippen molar-refractivity contribution in [2.24, 2.45) is 0 Å². The molecule has 0 fully saturated rings. The van der Waals surface area contributed by atoms with Crippen LogP contribution in [-0.2, 0) is 17.1 Å². The molecule has 0 heterocycles. The van der Waals surface area contributed by atoms with Crippen LogP contribution < -0.4 is 0 Å². The molecule has 3 nitrogen and oxygen atoms in total. The van der Waals surface area contributed by atoms with Gasteiger partial charge in [-0.25, -0.2) is 12.1 Å². The van der Waals surface area contributed by atoms with Gasteiger partial charge in [0.25, 0.3) is 5.97 Å². The molecule has 0 bridgehead atoms. The van der Waals surface area contributed by atoms with Crippen LogP contribution in [0.1, 0.15) is 17.3 Å². The van der Waals surface area contributed by atoms with Crippen molar-refractivity contribution in [3.05, 3.63) is 60.2 Å². The number of hydrogen-bond donors (Lipinski definition) is 2. The summed E-state index contributed by atoms with van der Waals surface area (Å²) in [6.45, 7) is 1.93. The first-order chi connectivity index (χ1) is 7.72. The molecule has 0 aliphatic heterocycles. The van der Waals surface area contributed by atoms with E-state index >= 15 is 0 Å². The predicted molar refractivity (Wildman–Crippen MR) is 63.8 cm³/mol. The normalized spacial score (nSPS) is 7.65. The van der Waals surface area contributed by atoms with E-state index in [0.29, 0.717) is 5.56 Å². The minimum Gasteiger partial charge on any atom is -0.748 e. The molecule has 17 heavy (non-hydrogen) atoms. The van der Waals surface area contributed by atoms with Crippen LogP contribution in [0.5, 0.6) is 0 Å². The Labute approximate surface area is 112 Å². The molecule has 2 aromatic carbocycles. The Kier molecular flexibility index (Phi) is 13.5. The zero-order valence-electron chi connectivity index (χ0n) is 9.56. The van der Waals surface area contributed by atoms with E-state index in [2.05, 4.69) is 0 Å². The first-order valence-electron chi connectivity index (χ1n) is 4.95. The fourth-order valence-corrected chi connectivity index (χ4v) is 0.837. The van der Waals surface area contributed by atoms with E-state index in [-0.39, 0.29) is 23.7 Å². The van der Waals surface area contributed by atoms with Gasteiger partial charge in [0.1, 0.15) is 0 Å². The number of carboxylic acids is 1. The molecule has 100 valence electrons. The SMILES string of the molecule is CCO.O=C(O)[c-]1cccc1.[Fe].[cH-]1[cH-][cH-][cH-][cH-]1. The van der Waals surface area contributed by atoms with Gasteiger partial charge in [-0.15, -0.1) is 0 Å². The molecule has 0 radical (unpaired) electrons. The molecule has 0 amide bonds. The molecule has 0 aromatic heterocycles. The minimum absolute atomic E-state index is 0. The van der Waals surface area contributed by atoms with Crippen LogP contribution >= 0.6 is 0 Å². The molecule has 0 unspecified atom stereocenters. The number of rotatable bonds is 1. The van der Waals surface area contributed by atoms with Crippen molar-refractivity contribution in [2.75, 3.05) is 6.61 Å². The van der Waals surface area contributed by atoms with Gasteiger partial charge in [0, 0.05) is 23.7 Å². The number of aromatic carboxylic acids is 1. The topological polar surface area (TPSA) is 57.5 Å². The fourth-order valence-electron chi connectivity index (χ4n) is 0.837. The summed E-state index contributed by atoms with van der Waals surface area (Å²) in [5.74, 6) is -0.866. The van der Waals surface area contributed by atoms with Crippen LogP contribution in [-0.4, -0.2) is 22.8 Å². The maximum absolute atomic E-state index is 10.1. The van der Waals surface area contributed by atoms with E-state index in [1.54, 1.807) is 31.2 Å². The van der Waals surface area contributed by atoms with Crippen molar-refractivity contribution in [3.8, 4) is 0 Å². The van der Waals surface area contributed by atoms with Crippen LogP contribution in [0, 0.1) is 0 Å². The molecule has 0 saturated carbocycles. The summed E-state index contributed by atoms with van der Waals surface area (Å²) < 4.78 is 0. The van der Waals surface area contributed by atoms with Gasteiger partial charge in [0.05, 0.1) is 0 Å². The Morgan fingerprint density at radius 1 is 1.12 bits per heavy atom. The van der Waals surface area contributed by atoms with Gasteiger partial charge in [-0.05, 0) is 6.92 Å². The molecular weight excluding hydrogens is 260 g/mol. The maximum atomic E-state index is 10.1. The van der Waals surface area contributed by atoms with E-state index in [9.17, 15) is 4.79 Å². The third-order valence-corrected chi connectivity index (χ3v) is 1.47. The van der Waals surface area contributed by atoms with Crippen molar-refractivity contribution in [1.82, 2.24) is 0 Å². The quantitative estimate of drug-likeness (QED) is 0.621. The smallest absolute Gasteiger partial charge is 0.278 e. The predicted octanol–water partition coefficient (Wildman–Crippen LogP) is 2.51. The minimum atomic E-state index is -0.866. The largest absolute Gasteiger partial charge is 0.748 e. The van der Waals surface area contributed by atoms with Gasteiger partial charge >= 0.3 is 0 Å². The average Bonchev–Trinajstić information content (AvgIpc) is 2.96. The zero-order chi connectivity index (χ0) is 12.2. The van der Waals surface area contributed by atoms with Crippen LogP contribution in [0.15, 0.2) is 54.6 Å². The Balaban J connectivity index is 0. The van der Waals surface area contributed by atoms with Crippen molar-refractivity contribution in [2.45, 2.75) is 6.92 Å². The molecular formula is C13H16FeO3-6. The Hall–Kier alpha value is -1.35. The summed E-state index contributed by atoms with van der Waals surface area (Å²) in [5.41, 5.74) is 0.352. The van der Waals surface area contributed by atoms with Gasteiger partial charge < -0.3 is 40.5 Å². The first-order valence-corrected chi connectivity index (χ1v) is 4.95. The van der Waals surface area contributed by atoms with Crippen molar-refractivity contribution in [1.29, 1.82) is 0 Å². The molecule has 0 aliphatic carbocycles. The maximum Gasteiger partial charge on any atom is 0.278 e. The van der Waals surface area contributed by atoms with E-state index in [1.165, 1.54) is 0 Å². The molecule has 0 atom stereocenters. The molecule has 0 spiro atoms. The summed E-state index contributed by atoms with van der Waals surface area (Å²) in [5, 5.41) is 15.8. The third kappa shape index (κ3) is 10.9. The monoisotopic (exact) mass is 276 g/mol. The number of aliphatic hydroxyl groups is 1. The Bertz CT molecular complexity index is 321.